The standard InChI is InChI=1S/C5H12BN/c1-7-3-2-5(6)4-7/h5H,2-4,6H2,1H3/t5-/m0/s1. The zero-order valence-corrected chi connectivity index (χ0v) is 5.15. The maximum Gasteiger partial charge on any atom is 0.107 e. The van der Waals surface area contributed by atoms with Crippen molar-refractivity contribution in [3.8, 4) is 0 Å². The molecule has 0 aromatic carbocycles. The fourth-order valence-electron chi connectivity index (χ4n) is 1.16. The molecule has 1 saturated heterocycles. The van der Waals surface area contributed by atoms with Crippen LogP contribution in [0.1, 0.15) is 6.42 Å². The third-order valence-corrected chi connectivity index (χ3v) is 1.63. The Hall–Kier alpha value is 0.0249. The molecule has 1 atom stereocenters. The van der Waals surface area contributed by atoms with Gasteiger partial charge in [0, 0.05) is 0 Å². The maximum absolute atomic E-state index is 2.38. The van der Waals surface area contributed by atoms with Crippen molar-refractivity contribution in [2.45, 2.75) is 12.2 Å². The Morgan fingerprint density at radius 1 is 1.71 bits per heavy atom. The summed E-state index contributed by atoms with van der Waals surface area (Å²) in [5, 5.41) is 0. The van der Waals surface area contributed by atoms with E-state index in [-0.39, 0.29) is 0 Å². The zero-order valence-electron chi connectivity index (χ0n) is 5.15. The highest BCUT2D eigenvalue weighted by Gasteiger charge is 2.13. The molecule has 1 aliphatic heterocycles. The predicted octanol–water partition coefficient (Wildman–Crippen LogP) is -0.257. The van der Waals surface area contributed by atoms with Crippen LogP contribution in [0, 0.1) is 0 Å². The highest BCUT2D eigenvalue weighted by Crippen LogP contribution is 2.14. The summed E-state index contributed by atoms with van der Waals surface area (Å²) in [5.41, 5.74) is 0. The molecule has 1 aliphatic rings. The van der Waals surface area contributed by atoms with E-state index in [1.165, 1.54) is 19.5 Å². The largest absolute Gasteiger partial charge is 0.307 e. The van der Waals surface area contributed by atoms with Crippen LogP contribution in [0.5, 0.6) is 0 Å². The Morgan fingerprint density at radius 2 is 2.43 bits per heavy atom. The molecule has 1 fully saturated rings. The van der Waals surface area contributed by atoms with Gasteiger partial charge in [-0.1, -0.05) is 5.82 Å². The lowest BCUT2D eigenvalue weighted by atomic mass is 9.87. The van der Waals surface area contributed by atoms with Gasteiger partial charge in [0.15, 0.2) is 0 Å². The van der Waals surface area contributed by atoms with Crippen LogP contribution in [0.15, 0.2) is 0 Å². The Labute approximate surface area is 46.1 Å². The highest BCUT2D eigenvalue weighted by molar-refractivity contribution is 6.11. The molecule has 1 heterocycles. The maximum atomic E-state index is 2.38. The molecule has 0 spiro atoms. The van der Waals surface area contributed by atoms with Crippen LogP contribution in [-0.2, 0) is 0 Å². The van der Waals surface area contributed by atoms with Crippen molar-refractivity contribution >= 4 is 7.85 Å². The van der Waals surface area contributed by atoms with Gasteiger partial charge in [0.1, 0.15) is 7.85 Å². The normalized spacial score (nSPS) is 34.1. The molecule has 0 amide bonds. The number of nitrogens with zero attached hydrogens (tertiary/aromatic N) is 1. The van der Waals surface area contributed by atoms with Crippen molar-refractivity contribution in [2.75, 3.05) is 20.1 Å². The van der Waals surface area contributed by atoms with Crippen LogP contribution in [0.4, 0.5) is 0 Å². The SMILES string of the molecule is B[C@H]1CCN(C)C1. The smallest absolute Gasteiger partial charge is 0.107 e. The molecule has 1 rings (SSSR count). The van der Waals surface area contributed by atoms with E-state index in [1.807, 2.05) is 0 Å². The Morgan fingerprint density at radius 3 is 2.57 bits per heavy atom. The Kier molecular flexibility index (Phi) is 1.38. The van der Waals surface area contributed by atoms with Gasteiger partial charge >= 0.3 is 0 Å². The van der Waals surface area contributed by atoms with E-state index < -0.39 is 0 Å². The van der Waals surface area contributed by atoms with E-state index in [9.17, 15) is 0 Å². The van der Waals surface area contributed by atoms with Crippen molar-refractivity contribution in [3.05, 3.63) is 0 Å². The molecule has 0 radical (unpaired) electrons. The summed E-state index contributed by atoms with van der Waals surface area (Å²) in [6, 6.07) is 0. The summed E-state index contributed by atoms with van der Waals surface area (Å²) in [6.45, 7) is 2.61. The van der Waals surface area contributed by atoms with Crippen LogP contribution >= 0.6 is 0 Å². The van der Waals surface area contributed by atoms with Crippen LogP contribution in [-0.4, -0.2) is 32.9 Å². The van der Waals surface area contributed by atoms with Gasteiger partial charge in [0.05, 0.1) is 0 Å². The minimum Gasteiger partial charge on any atom is -0.307 e. The molecule has 2 heteroatoms. The lowest BCUT2D eigenvalue weighted by Gasteiger charge is -2.03. The molecule has 0 N–H and O–H groups in total. The van der Waals surface area contributed by atoms with Gasteiger partial charge in [0.2, 0.25) is 0 Å². The Bertz CT molecular complexity index is 57.1. The number of hydrogen-bond donors (Lipinski definition) is 0. The van der Waals surface area contributed by atoms with Crippen LogP contribution < -0.4 is 0 Å². The monoisotopic (exact) mass is 97.1 g/mol. The van der Waals surface area contributed by atoms with Crippen LogP contribution in [0.3, 0.4) is 0 Å². The van der Waals surface area contributed by atoms with Gasteiger partial charge < -0.3 is 4.90 Å². The number of hydrogen-bond acceptors (Lipinski definition) is 1. The van der Waals surface area contributed by atoms with E-state index in [0.29, 0.717) is 0 Å². The van der Waals surface area contributed by atoms with E-state index >= 15 is 0 Å². The Balaban J connectivity index is 2.26. The molecule has 0 aromatic heterocycles. The minimum atomic E-state index is 0.949. The molecule has 0 saturated carbocycles. The van der Waals surface area contributed by atoms with Gasteiger partial charge in [-0.2, -0.15) is 0 Å². The molecule has 1 nitrogen and oxygen atoms in total. The molecule has 0 bridgehead atoms. The molecule has 0 aromatic rings. The number of likely N-dealkylation sites (tertiary alicyclic amines) is 1. The minimum absolute atomic E-state index is 0.949. The van der Waals surface area contributed by atoms with E-state index in [0.717, 1.165) is 5.82 Å². The lowest BCUT2D eigenvalue weighted by molar-refractivity contribution is 0.418. The summed E-state index contributed by atoms with van der Waals surface area (Å²) in [5.74, 6) is 0.949. The van der Waals surface area contributed by atoms with E-state index in [2.05, 4.69) is 19.8 Å². The van der Waals surface area contributed by atoms with Crippen molar-refractivity contribution in [2.24, 2.45) is 0 Å². The van der Waals surface area contributed by atoms with Crippen LogP contribution in [0.25, 0.3) is 0 Å². The highest BCUT2D eigenvalue weighted by atomic mass is 15.1. The first kappa shape index (κ1) is 5.17. The van der Waals surface area contributed by atoms with Crippen molar-refractivity contribution in [1.29, 1.82) is 0 Å². The van der Waals surface area contributed by atoms with E-state index in [1.54, 1.807) is 0 Å². The fourth-order valence-corrected chi connectivity index (χ4v) is 1.16. The topological polar surface area (TPSA) is 3.24 Å². The first-order valence-corrected chi connectivity index (χ1v) is 2.97. The average Bonchev–Trinajstić information content (AvgIpc) is 1.87. The zero-order chi connectivity index (χ0) is 5.28. The molecule has 0 unspecified atom stereocenters. The lowest BCUT2D eigenvalue weighted by Crippen LogP contribution is -2.12. The summed E-state index contributed by atoms with van der Waals surface area (Å²) in [4.78, 5) is 2.38. The first-order chi connectivity index (χ1) is 3.29. The van der Waals surface area contributed by atoms with Crippen LogP contribution in [0.2, 0.25) is 5.82 Å². The third kappa shape index (κ3) is 1.20. The second kappa shape index (κ2) is 1.87. The molecule has 40 valence electrons. The number of rotatable bonds is 0. The predicted molar refractivity (Wildman–Crippen MR) is 34.4 cm³/mol. The van der Waals surface area contributed by atoms with E-state index in [4.69, 9.17) is 0 Å². The fraction of sp³-hybridized carbons (Fsp3) is 1.00. The second-order valence-electron chi connectivity index (χ2n) is 2.66. The van der Waals surface area contributed by atoms with Crippen molar-refractivity contribution in [3.63, 3.8) is 0 Å². The van der Waals surface area contributed by atoms with Gasteiger partial charge in [-0.3, -0.25) is 0 Å². The third-order valence-electron chi connectivity index (χ3n) is 1.63. The summed E-state index contributed by atoms with van der Waals surface area (Å²) >= 11 is 0. The summed E-state index contributed by atoms with van der Waals surface area (Å²) < 4.78 is 0. The van der Waals surface area contributed by atoms with Gasteiger partial charge in [-0.15, -0.1) is 0 Å². The molecular formula is C5H12BN. The van der Waals surface area contributed by atoms with Crippen molar-refractivity contribution < 1.29 is 0 Å². The van der Waals surface area contributed by atoms with Gasteiger partial charge in [0.25, 0.3) is 0 Å². The summed E-state index contributed by atoms with van der Waals surface area (Å²) in [7, 11) is 4.49. The first-order valence-electron chi connectivity index (χ1n) is 2.97. The summed E-state index contributed by atoms with van der Waals surface area (Å²) in [6.07, 6.45) is 1.40. The van der Waals surface area contributed by atoms with Gasteiger partial charge in [-0.25, -0.2) is 0 Å². The quantitative estimate of drug-likeness (QED) is 0.376. The second-order valence-corrected chi connectivity index (χ2v) is 2.66. The van der Waals surface area contributed by atoms with Gasteiger partial charge in [-0.05, 0) is 26.6 Å². The average molecular weight is 97.0 g/mol. The molecule has 0 aliphatic carbocycles. The molecule has 7 heavy (non-hydrogen) atoms. The van der Waals surface area contributed by atoms with Crippen molar-refractivity contribution in [1.82, 2.24) is 4.90 Å². The molecular weight excluding hydrogens is 84.9 g/mol.